The summed E-state index contributed by atoms with van der Waals surface area (Å²) in [7, 11) is 0. The number of amides is 2. The van der Waals surface area contributed by atoms with E-state index in [1.807, 2.05) is 0 Å². The lowest BCUT2D eigenvalue weighted by molar-refractivity contribution is -0.121. The van der Waals surface area contributed by atoms with Crippen molar-refractivity contribution < 1.29 is 9.59 Å². The Labute approximate surface area is 140 Å². The minimum atomic E-state index is 0.0922. The molecule has 0 saturated carbocycles. The maximum absolute atomic E-state index is 11.5. The fourth-order valence-corrected chi connectivity index (χ4v) is 2.10. The molecule has 0 aliphatic rings. The quantitative estimate of drug-likeness (QED) is 0.252. The van der Waals surface area contributed by atoms with E-state index in [1.165, 1.54) is 0 Å². The second-order valence-electron chi connectivity index (χ2n) is 5.65. The number of nitrogens with two attached hydrogens (primary N) is 2. The number of unbranched alkanes of at least 4 members (excludes halogenated alkanes) is 4. The van der Waals surface area contributed by atoms with Crippen LogP contribution in [0.1, 0.15) is 51.4 Å². The van der Waals surface area contributed by atoms with Crippen molar-refractivity contribution in [1.29, 1.82) is 0 Å². The van der Waals surface area contributed by atoms with Crippen molar-refractivity contribution in [2.75, 3.05) is 39.3 Å². The highest BCUT2D eigenvalue weighted by Gasteiger charge is 2.01. The van der Waals surface area contributed by atoms with Crippen molar-refractivity contribution in [2.45, 2.75) is 51.4 Å². The molecule has 0 aromatic heterocycles. The van der Waals surface area contributed by atoms with E-state index in [2.05, 4.69) is 16.0 Å². The number of carbonyl (C=O) groups excluding carboxylic acids is 2. The minimum Gasteiger partial charge on any atom is -0.355 e. The van der Waals surface area contributed by atoms with Crippen molar-refractivity contribution in [3.63, 3.8) is 0 Å². The molecular formula is C16H35N5O2. The Bertz CT molecular complexity index is 272. The van der Waals surface area contributed by atoms with Crippen molar-refractivity contribution in [1.82, 2.24) is 16.0 Å². The van der Waals surface area contributed by atoms with Gasteiger partial charge in [0.25, 0.3) is 0 Å². The lowest BCUT2D eigenvalue weighted by atomic mass is 10.2. The average Bonchev–Trinajstić information content (AvgIpc) is 2.54. The van der Waals surface area contributed by atoms with Gasteiger partial charge in [-0.15, -0.1) is 0 Å². The van der Waals surface area contributed by atoms with Gasteiger partial charge in [-0.25, -0.2) is 0 Å². The van der Waals surface area contributed by atoms with Gasteiger partial charge in [-0.1, -0.05) is 12.8 Å². The Hall–Kier alpha value is -1.18. The molecule has 7 nitrogen and oxygen atoms in total. The van der Waals surface area contributed by atoms with Crippen LogP contribution < -0.4 is 27.4 Å². The summed E-state index contributed by atoms with van der Waals surface area (Å²) in [5.74, 6) is 0.184. The van der Waals surface area contributed by atoms with Crippen molar-refractivity contribution >= 4 is 11.8 Å². The van der Waals surface area contributed by atoms with E-state index in [9.17, 15) is 9.59 Å². The molecule has 0 heterocycles. The van der Waals surface area contributed by atoms with Gasteiger partial charge < -0.3 is 27.4 Å². The molecule has 0 aliphatic carbocycles. The predicted molar refractivity (Wildman–Crippen MR) is 93.9 cm³/mol. The van der Waals surface area contributed by atoms with Crippen LogP contribution in [0.15, 0.2) is 0 Å². The maximum Gasteiger partial charge on any atom is 0.220 e. The van der Waals surface area contributed by atoms with Gasteiger partial charge in [-0.05, 0) is 38.8 Å². The average molecular weight is 329 g/mol. The molecule has 2 amide bonds. The van der Waals surface area contributed by atoms with Crippen LogP contribution in [0.5, 0.6) is 0 Å². The topological polar surface area (TPSA) is 122 Å². The molecule has 7 N–H and O–H groups in total. The second-order valence-corrected chi connectivity index (χ2v) is 5.65. The third-order valence-electron chi connectivity index (χ3n) is 3.46. The molecular weight excluding hydrogens is 294 g/mol. The highest BCUT2D eigenvalue weighted by Crippen LogP contribution is 1.98. The summed E-state index contributed by atoms with van der Waals surface area (Å²) in [5, 5.41) is 8.92. The van der Waals surface area contributed by atoms with Crippen LogP contribution in [0.3, 0.4) is 0 Å². The SMILES string of the molecule is NCCCCCC(=O)NCCNCCNC(=O)CCCCCN. The molecule has 0 rings (SSSR count). The minimum absolute atomic E-state index is 0.0922. The summed E-state index contributed by atoms with van der Waals surface area (Å²) in [5.41, 5.74) is 10.8. The van der Waals surface area contributed by atoms with Crippen LogP contribution in [0, 0.1) is 0 Å². The molecule has 0 saturated heterocycles. The summed E-state index contributed by atoms with van der Waals surface area (Å²) in [6.45, 7) is 4.03. The van der Waals surface area contributed by atoms with E-state index >= 15 is 0 Å². The fourth-order valence-electron chi connectivity index (χ4n) is 2.10. The molecule has 7 heteroatoms. The Balaban J connectivity index is 3.26. The van der Waals surface area contributed by atoms with Gasteiger partial charge in [-0.2, -0.15) is 0 Å². The maximum atomic E-state index is 11.5. The smallest absolute Gasteiger partial charge is 0.220 e. The van der Waals surface area contributed by atoms with Gasteiger partial charge >= 0.3 is 0 Å². The van der Waals surface area contributed by atoms with E-state index in [4.69, 9.17) is 11.5 Å². The van der Waals surface area contributed by atoms with Crippen molar-refractivity contribution in [3.8, 4) is 0 Å². The van der Waals surface area contributed by atoms with Crippen LogP contribution in [0.2, 0.25) is 0 Å². The monoisotopic (exact) mass is 329 g/mol. The highest BCUT2D eigenvalue weighted by atomic mass is 16.2. The molecule has 23 heavy (non-hydrogen) atoms. The zero-order valence-electron chi connectivity index (χ0n) is 14.4. The van der Waals surface area contributed by atoms with Gasteiger partial charge in [0.05, 0.1) is 0 Å². The third-order valence-corrected chi connectivity index (χ3v) is 3.46. The first-order valence-corrected chi connectivity index (χ1v) is 8.85. The Morgan fingerprint density at radius 1 is 0.609 bits per heavy atom. The van der Waals surface area contributed by atoms with E-state index in [0.717, 1.165) is 38.5 Å². The highest BCUT2D eigenvalue weighted by molar-refractivity contribution is 5.76. The standard InChI is InChI=1S/C16H35N5O2/c17-9-5-1-3-7-15(22)20-13-11-19-12-14-21-16(23)8-4-2-6-10-18/h19H,1-14,17-18H2,(H,20,22)(H,21,23). The van der Waals surface area contributed by atoms with Gasteiger partial charge in [0.2, 0.25) is 11.8 Å². The first-order valence-electron chi connectivity index (χ1n) is 8.85. The lowest BCUT2D eigenvalue weighted by Crippen LogP contribution is -2.36. The normalized spacial score (nSPS) is 10.5. The number of hydrogen-bond acceptors (Lipinski definition) is 5. The molecule has 0 unspecified atom stereocenters. The van der Waals surface area contributed by atoms with E-state index in [-0.39, 0.29) is 11.8 Å². The molecule has 0 fully saturated rings. The Morgan fingerprint density at radius 3 is 1.43 bits per heavy atom. The van der Waals surface area contributed by atoms with Crippen LogP contribution in [-0.2, 0) is 9.59 Å². The molecule has 0 atom stereocenters. The summed E-state index contributed by atoms with van der Waals surface area (Å²) in [6.07, 6.45) is 6.91. The molecule has 0 bridgehead atoms. The molecule has 136 valence electrons. The van der Waals surface area contributed by atoms with Crippen LogP contribution in [0.25, 0.3) is 0 Å². The second kappa shape index (κ2) is 17.2. The van der Waals surface area contributed by atoms with Crippen molar-refractivity contribution in [3.05, 3.63) is 0 Å². The first kappa shape index (κ1) is 21.8. The van der Waals surface area contributed by atoms with E-state index < -0.39 is 0 Å². The predicted octanol–water partition coefficient (Wildman–Crippen LogP) is -0.153. The zero-order valence-corrected chi connectivity index (χ0v) is 14.4. The summed E-state index contributed by atoms with van der Waals surface area (Å²) >= 11 is 0. The Kier molecular flexibility index (Phi) is 16.3. The van der Waals surface area contributed by atoms with Gasteiger partial charge in [0.1, 0.15) is 0 Å². The van der Waals surface area contributed by atoms with Gasteiger partial charge in [0, 0.05) is 39.0 Å². The number of rotatable bonds is 16. The largest absolute Gasteiger partial charge is 0.355 e. The number of carbonyl (C=O) groups is 2. The fraction of sp³-hybridized carbons (Fsp3) is 0.875. The molecule has 0 radical (unpaired) electrons. The van der Waals surface area contributed by atoms with Gasteiger partial charge in [-0.3, -0.25) is 9.59 Å². The van der Waals surface area contributed by atoms with Gasteiger partial charge in [0.15, 0.2) is 0 Å². The zero-order chi connectivity index (χ0) is 17.2. The van der Waals surface area contributed by atoms with E-state index in [1.54, 1.807) is 0 Å². The summed E-state index contributed by atoms with van der Waals surface area (Å²) in [4.78, 5) is 23.0. The lowest BCUT2D eigenvalue weighted by Gasteiger charge is -2.08. The van der Waals surface area contributed by atoms with Crippen LogP contribution >= 0.6 is 0 Å². The Morgan fingerprint density at radius 2 is 1.04 bits per heavy atom. The molecule has 0 aliphatic heterocycles. The van der Waals surface area contributed by atoms with Crippen molar-refractivity contribution in [2.24, 2.45) is 11.5 Å². The molecule has 0 aromatic carbocycles. The summed E-state index contributed by atoms with van der Waals surface area (Å²) < 4.78 is 0. The third kappa shape index (κ3) is 17.0. The number of nitrogens with one attached hydrogen (secondary N) is 3. The van der Waals surface area contributed by atoms with E-state index in [0.29, 0.717) is 52.1 Å². The molecule has 0 spiro atoms. The summed E-state index contributed by atoms with van der Waals surface area (Å²) in [6, 6.07) is 0. The van der Waals surface area contributed by atoms with Crippen LogP contribution in [0.4, 0.5) is 0 Å². The number of hydrogen-bond donors (Lipinski definition) is 5. The van der Waals surface area contributed by atoms with Crippen LogP contribution in [-0.4, -0.2) is 51.1 Å². The first-order chi connectivity index (χ1) is 11.2. The molecule has 0 aromatic rings.